The smallest absolute Gasteiger partial charge is 0.311 e. The Hall–Kier alpha value is -0.280. The summed E-state index contributed by atoms with van der Waals surface area (Å²) < 4.78 is 5.53. The lowest BCUT2D eigenvalue weighted by molar-refractivity contribution is -0.160. The maximum absolute atomic E-state index is 12.2. The Morgan fingerprint density at radius 1 is 1.17 bits per heavy atom. The van der Waals surface area contributed by atoms with E-state index in [1.807, 2.05) is 20.8 Å². The summed E-state index contributed by atoms with van der Waals surface area (Å²) in [5.41, 5.74) is -0.361. The molecule has 18 heavy (non-hydrogen) atoms. The highest BCUT2D eigenvalue weighted by molar-refractivity contribution is 5.85. The monoisotopic (exact) mass is 275 g/mol. The molecule has 4 heteroatoms. The Bertz CT molecular complexity index is 288. The van der Waals surface area contributed by atoms with Crippen molar-refractivity contribution in [3.63, 3.8) is 0 Å². The van der Waals surface area contributed by atoms with Gasteiger partial charge in [0.15, 0.2) is 0 Å². The van der Waals surface area contributed by atoms with Crippen LogP contribution in [0.2, 0.25) is 0 Å². The lowest BCUT2D eigenvalue weighted by Gasteiger charge is -2.25. The molecule has 3 nitrogen and oxygen atoms in total. The maximum Gasteiger partial charge on any atom is 0.311 e. The Morgan fingerprint density at radius 3 is 2.50 bits per heavy atom. The second-order valence-corrected chi connectivity index (χ2v) is 6.46. The van der Waals surface area contributed by atoms with Gasteiger partial charge in [-0.05, 0) is 39.5 Å². The van der Waals surface area contributed by atoms with Crippen molar-refractivity contribution >= 4 is 18.4 Å². The number of carbonyl (C=O) groups is 1. The van der Waals surface area contributed by atoms with Gasteiger partial charge in [0, 0.05) is 12.6 Å². The van der Waals surface area contributed by atoms with Gasteiger partial charge in [0.05, 0.1) is 5.92 Å². The van der Waals surface area contributed by atoms with Crippen molar-refractivity contribution in [3.8, 4) is 0 Å². The van der Waals surface area contributed by atoms with Crippen LogP contribution in [-0.4, -0.2) is 24.2 Å². The van der Waals surface area contributed by atoms with Crippen LogP contribution >= 0.6 is 12.4 Å². The second-order valence-electron chi connectivity index (χ2n) is 6.46. The number of fused-ring (bicyclic) bond motifs is 1. The molecule has 0 bridgehead atoms. The number of nitrogens with one attached hydrogen (secondary N) is 1. The number of rotatable bonds is 1. The van der Waals surface area contributed by atoms with Gasteiger partial charge in [0.25, 0.3) is 0 Å². The molecule has 2 fully saturated rings. The fourth-order valence-corrected chi connectivity index (χ4v) is 3.14. The second kappa shape index (κ2) is 6.25. The molecule has 0 spiro atoms. The molecule has 2 aliphatic rings. The largest absolute Gasteiger partial charge is 0.460 e. The number of ether oxygens (including phenoxy) is 1. The number of hydrogen-bond acceptors (Lipinski definition) is 3. The van der Waals surface area contributed by atoms with Crippen LogP contribution in [-0.2, 0) is 9.53 Å². The van der Waals surface area contributed by atoms with Crippen LogP contribution < -0.4 is 5.32 Å². The summed E-state index contributed by atoms with van der Waals surface area (Å²) in [5, 5.41) is 3.51. The SMILES string of the molecule is CC(C)(C)OC(=O)C1CN[C@@H]2CCCCC[C@H]12.Cl. The molecule has 1 aliphatic carbocycles. The summed E-state index contributed by atoms with van der Waals surface area (Å²) >= 11 is 0. The van der Waals surface area contributed by atoms with Crippen LogP contribution in [0.3, 0.4) is 0 Å². The van der Waals surface area contributed by atoms with Crippen molar-refractivity contribution in [2.75, 3.05) is 6.54 Å². The summed E-state index contributed by atoms with van der Waals surface area (Å²) in [6.07, 6.45) is 6.29. The Labute approximate surface area is 116 Å². The minimum Gasteiger partial charge on any atom is -0.460 e. The number of esters is 1. The molecule has 1 aliphatic heterocycles. The first-order valence-corrected chi connectivity index (χ1v) is 6.93. The van der Waals surface area contributed by atoms with Gasteiger partial charge in [-0.1, -0.05) is 19.3 Å². The van der Waals surface area contributed by atoms with Gasteiger partial charge in [-0.3, -0.25) is 4.79 Å². The summed E-state index contributed by atoms with van der Waals surface area (Å²) in [5.74, 6) is 0.587. The zero-order chi connectivity index (χ0) is 12.5. The molecule has 3 atom stereocenters. The molecule has 0 aromatic heterocycles. The normalized spacial score (nSPS) is 32.1. The first kappa shape index (κ1) is 15.8. The molecular weight excluding hydrogens is 250 g/mol. The van der Waals surface area contributed by atoms with E-state index in [-0.39, 0.29) is 29.9 Å². The summed E-state index contributed by atoms with van der Waals surface area (Å²) in [6.45, 7) is 6.64. The predicted octanol–water partition coefficient (Wildman–Crippen LogP) is 2.92. The van der Waals surface area contributed by atoms with Crippen molar-refractivity contribution < 1.29 is 9.53 Å². The van der Waals surface area contributed by atoms with Gasteiger partial charge in [-0.2, -0.15) is 0 Å². The van der Waals surface area contributed by atoms with E-state index in [0.717, 1.165) is 6.54 Å². The number of carbonyl (C=O) groups excluding carboxylic acids is 1. The van der Waals surface area contributed by atoms with Crippen LogP contribution in [0.4, 0.5) is 0 Å². The van der Waals surface area contributed by atoms with Gasteiger partial charge >= 0.3 is 5.97 Å². The van der Waals surface area contributed by atoms with Crippen LogP contribution in [0.5, 0.6) is 0 Å². The van der Waals surface area contributed by atoms with Gasteiger partial charge in [-0.25, -0.2) is 0 Å². The summed E-state index contributed by atoms with van der Waals surface area (Å²) in [6, 6.07) is 0.551. The van der Waals surface area contributed by atoms with E-state index in [4.69, 9.17) is 4.74 Å². The predicted molar refractivity (Wildman–Crippen MR) is 74.9 cm³/mol. The first-order valence-electron chi connectivity index (χ1n) is 6.93. The van der Waals surface area contributed by atoms with Gasteiger partial charge < -0.3 is 10.1 Å². The molecule has 0 aromatic rings. The average molecular weight is 276 g/mol. The summed E-state index contributed by atoms with van der Waals surface area (Å²) in [7, 11) is 0. The summed E-state index contributed by atoms with van der Waals surface area (Å²) in [4.78, 5) is 12.2. The topological polar surface area (TPSA) is 38.3 Å². The zero-order valence-electron chi connectivity index (χ0n) is 11.7. The third-order valence-corrected chi connectivity index (χ3v) is 3.90. The molecule has 0 aromatic carbocycles. The fraction of sp³-hybridized carbons (Fsp3) is 0.929. The van der Waals surface area contributed by atoms with E-state index in [1.165, 1.54) is 32.1 Å². The Kier molecular flexibility index (Phi) is 5.47. The average Bonchev–Trinajstić information content (AvgIpc) is 2.46. The van der Waals surface area contributed by atoms with Crippen molar-refractivity contribution in [1.29, 1.82) is 0 Å². The van der Waals surface area contributed by atoms with E-state index in [0.29, 0.717) is 12.0 Å². The molecule has 0 radical (unpaired) electrons. The van der Waals surface area contributed by atoms with Gasteiger partial charge in [0.2, 0.25) is 0 Å². The lowest BCUT2D eigenvalue weighted by atomic mass is 9.87. The standard InChI is InChI=1S/C14H25NO2.ClH/c1-14(2,3)17-13(16)11-9-15-12-8-6-4-5-7-10(11)12;/h10-12,15H,4-9H2,1-3H3;1H/t10-,11?,12-;/m1./s1. The van der Waals surface area contributed by atoms with Crippen molar-refractivity contribution in [2.45, 2.75) is 64.5 Å². The van der Waals surface area contributed by atoms with E-state index in [1.54, 1.807) is 0 Å². The van der Waals surface area contributed by atoms with Crippen molar-refractivity contribution in [2.24, 2.45) is 11.8 Å². The molecular formula is C14H26ClNO2. The minimum absolute atomic E-state index is 0. The van der Waals surface area contributed by atoms with Gasteiger partial charge in [-0.15, -0.1) is 12.4 Å². The Morgan fingerprint density at radius 2 is 1.83 bits per heavy atom. The van der Waals surface area contributed by atoms with Crippen LogP contribution in [0, 0.1) is 11.8 Å². The first-order chi connectivity index (χ1) is 7.97. The molecule has 1 saturated heterocycles. The molecule has 106 valence electrons. The minimum atomic E-state index is -0.361. The van der Waals surface area contributed by atoms with E-state index in [9.17, 15) is 4.79 Å². The third kappa shape index (κ3) is 3.86. The highest BCUT2D eigenvalue weighted by Gasteiger charge is 2.41. The molecule has 1 heterocycles. The molecule has 1 N–H and O–H groups in total. The number of hydrogen-bond donors (Lipinski definition) is 1. The van der Waals surface area contributed by atoms with Gasteiger partial charge in [0.1, 0.15) is 5.60 Å². The fourth-order valence-electron chi connectivity index (χ4n) is 3.14. The van der Waals surface area contributed by atoms with Crippen LogP contribution in [0.1, 0.15) is 52.9 Å². The molecule has 1 saturated carbocycles. The maximum atomic E-state index is 12.2. The quantitative estimate of drug-likeness (QED) is 0.748. The Balaban J connectivity index is 0.00000162. The van der Waals surface area contributed by atoms with Crippen molar-refractivity contribution in [1.82, 2.24) is 5.32 Å². The van der Waals surface area contributed by atoms with E-state index in [2.05, 4.69) is 5.32 Å². The molecule has 0 amide bonds. The van der Waals surface area contributed by atoms with Crippen molar-refractivity contribution in [3.05, 3.63) is 0 Å². The zero-order valence-corrected chi connectivity index (χ0v) is 12.5. The molecule has 1 unspecified atom stereocenters. The highest BCUT2D eigenvalue weighted by atomic mass is 35.5. The van der Waals surface area contributed by atoms with Crippen LogP contribution in [0.15, 0.2) is 0 Å². The molecule has 2 rings (SSSR count). The number of halogens is 1. The third-order valence-electron chi connectivity index (χ3n) is 3.90. The highest BCUT2D eigenvalue weighted by Crippen LogP contribution is 2.34. The van der Waals surface area contributed by atoms with Crippen LogP contribution in [0.25, 0.3) is 0 Å². The van der Waals surface area contributed by atoms with E-state index < -0.39 is 0 Å². The van der Waals surface area contributed by atoms with E-state index >= 15 is 0 Å². The lowest BCUT2D eigenvalue weighted by Crippen LogP contribution is -2.33.